The van der Waals surface area contributed by atoms with Crippen molar-refractivity contribution in [2.24, 2.45) is 5.92 Å². The summed E-state index contributed by atoms with van der Waals surface area (Å²) < 4.78 is 5.54. The Bertz CT molecular complexity index is 800. The quantitative estimate of drug-likeness (QED) is 0.931. The molecule has 128 valence electrons. The molecular weight excluding hydrogens is 316 g/mol. The Morgan fingerprint density at radius 1 is 1.16 bits per heavy atom. The number of anilines is 2. The lowest BCUT2D eigenvalue weighted by Gasteiger charge is -2.30. The van der Waals surface area contributed by atoms with Crippen LogP contribution in [0.2, 0.25) is 0 Å². The van der Waals surface area contributed by atoms with Gasteiger partial charge in [-0.2, -0.15) is 0 Å². The molecule has 5 heteroatoms. The fourth-order valence-corrected chi connectivity index (χ4v) is 3.13. The summed E-state index contributed by atoms with van der Waals surface area (Å²) in [5.41, 5.74) is 2.45. The Morgan fingerprint density at radius 3 is 2.68 bits per heavy atom. The van der Waals surface area contributed by atoms with E-state index in [1.807, 2.05) is 48.5 Å². The molecular formula is C20H20N2O3. The maximum absolute atomic E-state index is 12.4. The van der Waals surface area contributed by atoms with Crippen LogP contribution in [-0.2, 0) is 16.1 Å². The molecule has 25 heavy (non-hydrogen) atoms. The number of fused-ring (bicyclic) bond motifs is 1. The topological polar surface area (TPSA) is 58.6 Å². The Hall–Kier alpha value is -2.82. The van der Waals surface area contributed by atoms with E-state index < -0.39 is 0 Å². The van der Waals surface area contributed by atoms with Gasteiger partial charge in [-0.15, -0.1) is 0 Å². The van der Waals surface area contributed by atoms with Gasteiger partial charge in [-0.25, -0.2) is 0 Å². The van der Waals surface area contributed by atoms with Gasteiger partial charge < -0.3 is 15.0 Å². The molecule has 4 rings (SSSR count). The summed E-state index contributed by atoms with van der Waals surface area (Å²) in [6, 6.07) is 15.3. The molecule has 0 unspecified atom stereocenters. The average molecular weight is 336 g/mol. The summed E-state index contributed by atoms with van der Waals surface area (Å²) in [5, 5.41) is 2.96. The number of amides is 2. The zero-order valence-corrected chi connectivity index (χ0v) is 13.9. The summed E-state index contributed by atoms with van der Waals surface area (Å²) in [6.45, 7) is 0.518. The van der Waals surface area contributed by atoms with Crippen molar-refractivity contribution >= 4 is 23.2 Å². The maximum Gasteiger partial charge on any atom is 0.265 e. The lowest BCUT2D eigenvalue weighted by molar-refractivity contribution is -0.122. The number of hydrogen-bond donors (Lipinski definition) is 1. The molecule has 0 aromatic heterocycles. The first kappa shape index (κ1) is 15.7. The van der Waals surface area contributed by atoms with Gasteiger partial charge in [0.25, 0.3) is 5.91 Å². The average Bonchev–Trinajstić information content (AvgIpc) is 2.57. The van der Waals surface area contributed by atoms with Crippen LogP contribution in [0.15, 0.2) is 48.5 Å². The maximum atomic E-state index is 12.4. The third kappa shape index (κ3) is 3.22. The molecule has 0 saturated heterocycles. The Morgan fingerprint density at radius 2 is 1.96 bits per heavy atom. The number of benzene rings is 2. The van der Waals surface area contributed by atoms with Gasteiger partial charge in [-0.3, -0.25) is 9.59 Å². The molecule has 5 nitrogen and oxygen atoms in total. The first-order chi connectivity index (χ1) is 12.2. The third-order valence-corrected chi connectivity index (χ3v) is 4.83. The minimum atomic E-state index is -0.0844. The zero-order chi connectivity index (χ0) is 17.2. The van der Waals surface area contributed by atoms with E-state index in [9.17, 15) is 9.59 Å². The highest BCUT2D eigenvalue weighted by Gasteiger charge is 2.28. The van der Waals surface area contributed by atoms with Crippen molar-refractivity contribution in [3.05, 3.63) is 54.1 Å². The molecule has 1 heterocycles. The Labute approximate surface area is 146 Å². The summed E-state index contributed by atoms with van der Waals surface area (Å²) >= 11 is 0. The predicted octanol–water partition coefficient (Wildman–Crippen LogP) is 3.35. The molecule has 0 atom stereocenters. The summed E-state index contributed by atoms with van der Waals surface area (Å²) in [4.78, 5) is 26.3. The minimum Gasteiger partial charge on any atom is -0.482 e. The Kier molecular flexibility index (Phi) is 4.14. The lowest BCUT2D eigenvalue weighted by atomic mass is 9.85. The molecule has 1 saturated carbocycles. The van der Waals surface area contributed by atoms with E-state index in [2.05, 4.69) is 5.32 Å². The highest BCUT2D eigenvalue weighted by molar-refractivity contribution is 5.99. The second-order valence-electron chi connectivity index (χ2n) is 6.55. The number of carbonyl (C=O) groups excluding carboxylic acids is 2. The van der Waals surface area contributed by atoms with Gasteiger partial charge in [0.1, 0.15) is 5.75 Å². The van der Waals surface area contributed by atoms with Gasteiger partial charge in [0.2, 0.25) is 5.91 Å². The van der Waals surface area contributed by atoms with Crippen LogP contribution in [0, 0.1) is 5.92 Å². The second-order valence-corrected chi connectivity index (χ2v) is 6.55. The van der Waals surface area contributed by atoms with E-state index in [-0.39, 0.29) is 24.3 Å². The predicted molar refractivity (Wildman–Crippen MR) is 95.5 cm³/mol. The van der Waals surface area contributed by atoms with Gasteiger partial charge in [0.15, 0.2) is 6.61 Å². The van der Waals surface area contributed by atoms with Crippen molar-refractivity contribution in [3.63, 3.8) is 0 Å². The zero-order valence-electron chi connectivity index (χ0n) is 13.9. The first-order valence-electron chi connectivity index (χ1n) is 8.63. The van der Waals surface area contributed by atoms with Crippen molar-refractivity contribution in [2.45, 2.75) is 25.8 Å². The van der Waals surface area contributed by atoms with Crippen LogP contribution in [0.5, 0.6) is 5.75 Å². The largest absolute Gasteiger partial charge is 0.482 e. The molecule has 0 radical (unpaired) electrons. The molecule has 1 aliphatic carbocycles. The number of rotatable bonds is 4. The molecule has 2 amide bonds. The van der Waals surface area contributed by atoms with Crippen molar-refractivity contribution < 1.29 is 14.3 Å². The molecule has 1 aliphatic heterocycles. The molecule has 2 aliphatic rings. The molecule has 1 N–H and O–H groups in total. The van der Waals surface area contributed by atoms with Crippen molar-refractivity contribution in [2.75, 3.05) is 16.8 Å². The highest BCUT2D eigenvalue weighted by atomic mass is 16.5. The monoisotopic (exact) mass is 336 g/mol. The standard InChI is InChI=1S/C20H20N2O3/c23-19-13-25-18-10-9-16(21-20(24)15-7-4-8-15)11-17(18)22(19)12-14-5-2-1-3-6-14/h1-3,5-6,9-11,15H,4,7-8,12-13H2,(H,21,24). The van der Waals surface area contributed by atoms with Crippen molar-refractivity contribution in [1.82, 2.24) is 0 Å². The van der Waals surface area contributed by atoms with E-state index >= 15 is 0 Å². The van der Waals surface area contributed by atoms with Gasteiger partial charge >= 0.3 is 0 Å². The summed E-state index contributed by atoms with van der Waals surface area (Å²) in [5.74, 6) is 0.759. The highest BCUT2D eigenvalue weighted by Crippen LogP contribution is 2.36. The van der Waals surface area contributed by atoms with Crippen LogP contribution in [-0.4, -0.2) is 18.4 Å². The molecule has 0 bridgehead atoms. The second kappa shape index (κ2) is 6.59. The third-order valence-electron chi connectivity index (χ3n) is 4.83. The van der Waals surface area contributed by atoms with Gasteiger partial charge in [-0.1, -0.05) is 36.8 Å². The SMILES string of the molecule is O=C(Nc1ccc2c(c1)N(Cc1ccccc1)C(=O)CO2)C1CCC1. The lowest BCUT2D eigenvalue weighted by Crippen LogP contribution is -2.38. The molecule has 1 fully saturated rings. The first-order valence-corrected chi connectivity index (χ1v) is 8.63. The van der Waals surface area contributed by atoms with Crippen molar-refractivity contribution in [3.8, 4) is 5.75 Å². The number of ether oxygens (including phenoxy) is 1. The van der Waals surface area contributed by atoms with Crippen LogP contribution in [0.4, 0.5) is 11.4 Å². The number of nitrogens with zero attached hydrogens (tertiary/aromatic N) is 1. The van der Waals surface area contributed by atoms with Crippen LogP contribution < -0.4 is 15.0 Å². The van der Waals surface area contributed by atoms with Gasteiger partial charge in [-0.05, 0) is 36.6 Å². The van der Waals surface area contributed by atoms with E-state index in [0.717, 1.165) is 24.8 Å². The van der Waals surface area contributed by atoms with E-state index in [4.69, 9.17) is 4.74 Å². The van der Waals surface area contributed by atoms with Crippen LogP contribution >= 0.6 is 0 Å². The summed E-state index contributed by atoms with van der Waals surface area (Å²) in [7, 11) is 0. The van der Waals surface area contributed by atoms with Crippen LogP contribution in [0.3, 0.4) is 0 Å². The van der Waals surface area contributed by atoms with Crippen molar-refractivity contribution in [1.29, 1.82) is 0 Å². The fraction of sp³-hybridized carbons (Fsp3) is 0.300. The smallest absolute Gasteiger partial charge is 0.265 e. The fourth-order valence-electron chi connectivity index (χ4n) is 3.13. The number of carbonyl (C=O) groups is 2. The van der Waals surface area contributed by atoms with E-state index in [1.54, 1.807) is 4.90 Å². The normalized spacial score (nSPS) is 16.6. The number of hydrogen-bond acceptors (Lipinski definition) is 3. The summed E-state index contributed by atoms with van der Waals surface area (Å²) in [6.07, 6.45) is 3.03. The minimum absolute atomic E-state index is 0.0353. The van der Waals surface area contributed by atoms with Gasteiger partial charge in [0, 0.05) is 11.6 Å². The Balaban J connectivity index is 1.59. The van der Waals surface area contributed by atoms with E-state index in [0.29, 0.717) is 23.7 Å². The molecule has 0 spiro atoms. The van der Waals surface area contributed by atoms with Crippen LogP contribution in [0.25, 0.3) is 0 Å². The van der Waals surface area contributed by atoms with Gasteiger partial charge in [0.05, 0.1) is 12.2 Å². The van der Waals surface area contributed by atoms with E-state index in [1.165, 1.54) is 0 Å². The molecule has 2 aromatic rings. The number of nitrogens with one attached hydrogen (secondary N) is 1. The van der Waals surface area contributed by atoms with Crippen LogP contribution in [0.1, 0.15) is 24.8 Å². The molecule has 2 aromatic carbocycles.